The molecule has 66 heavy (non-hydrogen) atoms. The van der Waals surface area contributed by atoms with Crippen LogP contribution in [0.1, 0.15) is 79.4 Å². The van der Waals surface area contributed by atoms with Crippen LogP contribution in [-0.4, -0.2) is 127 Å². The van der Waals surface area contributed by atoms with E-state index in [9.17, 15) is 39.4 Å². The van der Waals surface area contributed by atoms with E-state index in [0.29, 0.717) is 30.6 Å². The largest absolute Gasteiger partial charge is 0.461 e. The Hall–Kier alpha value is -4.95. The molecule has 2 aliphatic rings. The molecule has 4 rings (SSSR count). The van der Waals surface area contributed by atoms with Crippen LogP contribution in [0.4, 0.5) is 16.2 Å². The number of likely N-dealkylation sites (N-methyl/N-ethyl adjacent to an activating group) is 1. The summed E-state index contributed by atoms with van der Waals surface area (Å²) in [5.74, 6) is -0.362. The molecule has 0 saturated carbocycles. The molecule has 6 unspecified atom stereocenters. The fourth-order valence-electron chi connectivity index (χ4n) is 7.56. The van der Waals surface area contributed by atoms with Crippen LogP contribution in [0.25, 0.3) is 0 Å². The zero-order valence-corrected chi connectivity index (χ0v) is 41.0. The van der Waals surface area contributed by atoms with Gasteiger partial charge in [0, 0.05) is 43.5 Å². The number of rotatable bonds is 20. The molecule has 0 N–H and O–H groups in total. The standard InChI is InChI=1S/C23H34ClN3O7.C23H34N2O7/c1-14-15(2)21(17(4)28)34-22(16(14)3)33-20-8-7-18(11-19(20)27(30)31)12-32-23(29)26(13-24)10-9-25(5)6;1-14-15(2)22(17(4)26)32-23(16(14)3)31-20-10-9-18(12-19(20)25(28)29)13-30-21(27)8-7-11-24(5)6/h7-8,11,14-16,21-22H,9-10,12-13H2,1-6H3;9-10,12,14-16,22-23H,7-8,11,13H2,1-6H3/t14-,15?,16-,21?,22?;14-,15?,16-,22?,23?/m00/s1. The summed E-state index contributed by atoms with van der Waals surface area (Å²) in [7, 11) is 7.60. The van der Waals surface area contributed by atoms with E-state index in [-0.39, 0.29) is 102 Å². The van der Waals surface area contributed by atoms with Crippen molar-refractivity contribution in [2.24, 2.45) is 35.5 Å². The van der Waals surface area contributed by atoms with Crippen molar-refractivity contribution in [2.75, 3.05) is 53.8 Å². The third-order valence-corrected chi connectivity index (χ3v) is 12.7. The molecular weight excluding hydrogens is 882 g/mol. The van der Waals surface area contributed by atoms with Gasteiger partial charge < -0.3 is 38.2 Å². The summed E-state index contributed by atoms with van der Waals surface area (Å²) in [4.78, 5) is 75.6. The molecule has 2 aromatic rings. The molecule has 0 radical (unpaired) electrons. The number of Topliss-reactive ketones (excluding diaryl/α,β-unsaturated/α-hetero) is 2. The first-order valence-corrected chi connectivity index (χ1v) is 22.6. The van der Waals surface area contributed by atoms with Crippen molar-refractivity contribution < 1.29 is 57.4 Å². The second kappa shape index (κ2) is 25.8. The zero-order chi connectivity index (χ0) is 49.6. The van der Waals surface area contributed by atoms with Crippen molar-refractivity contribution >= 4 is 46.6 Å². The molecule has 2 heterocycles. The molecule has 20 heteroatoms. The second-order valence-corrected chi connectivity index (χ2v) is 18.1. The average molecular weight is 951 g/mol. The van der Waals surface area contributed by atoms with Crippen LogP contribution in [0, 0.1) is 55.7 Å². The normalized spacial score (nSPS) is 25.0. The first kappa shape index (κ1) is 55.4. The lowest BCUT2D eigenvalue weighted by Crippen LogP contribution is -2.49. The monoisotopic (exact) mass is 949 g/mol. The molecular formula is C46H68ClN5O14. The minimum atomic E-state index is -0.809. The van der Waals surface area contributed by atoms with Crippen molar-refractivity contribution in [3.63, 3.8) is 0 Å². The average Bonchev–Trinajstić information content (AvgIpc) is 3.25. The Morgan fingerprint density at radius 2 is 1.06 bits per heavy atom. The highest BCUT2D eigenvalue weighted by atomic mass is 35.5. The Morgan fingerprint density at radius 3 is 1.44 bits per heavy atom. The van der Waals surface area contributed by atoms with Gasteiger partial charge in [-0.05, 0) is 102 Å². The molecule has 19 nitrogen and oxygen atoms in total. The molecule has 0 spiro atoms. The highest BCUT2D eigenvalue weighted by Gasteiger charge is 2.44. The first-order chi connectivity index (χ1) is 31.0. The Balaban J connectivity index is 0.000000351. The molecule has 0 aromatic heterocycles. The van der Waals surface area contributed by atoms with Gasteiger partial charge in [-0.1, -0.05) is 53.7 Å². The van der Waals surface area contributed by atoms with E-state index in [1.54, 1.807) is 12.1 Å². The summed E-state index contributed by atoms with van der Waals surface area (Å²) in [6.45, 7) is 16.3. The molecule has 368 valence electrons. The summed E-state index contributed by atoms with van der Waals surface area (Å²) in [5.41, 5.74) is 0.395. The van der Waals surface area contributed by atoms with Crippen LogP contribution in [0.2, 0.25) is 0 Å². The van der Waals surface area contributed by atoms with Crippen LogP contribution >= 0.6 is 11.6 Å². The van der Waals surface area contributed by atoms with Gasteiger partial charge in [-0.15, -0.1) is 11.6 Å². The number of hydrogen-bond acceptors (Lipinski definition) is 16. The summed E-state index contributed by atoms with van der Waals surface area (Å²) in [6.07, 6.45) is -2.49. The van der Waals surface area contributed by atoms with Crippen molar-refractivity contribution in [3.05, 3.63) is 67.8 Å². The number of hydrogen-bond donors (Lipinski definition) is 0. The van der Waals surface area contributed by atoms with E-state index in [2.05, 4.69) is 0 Å². The summed E-state index contributed by atoms with van der Waals surface area (Å²) in [6, 6.07) is 8.75. The second-order valence-electron chi connectivity index (χ2n) is 17.9. The summed E-state index contributed by atoms with van der Waals surface area (Å²) < 4.78 is 34.1. The molecule has 0 aliphatic carbocycles. The van der Waals surface area contributed by atoms with Gasteiger partial charge >= 0.3 is 23.4 Å². The predicted molar refractivity (Wildman–Crippen MR) is 245 cm³/mol. The minimum absolute atomic E-state index is 0.00433. The Kier molecular flexibility index (Phi) is 21.7. The van der Waals surface area contributed by atoms with Gasteiger partial charge in [0.1, 0.15) is 25.4 Å². The topological polar surface area (TPSA) is 220 Å². The number of ether oxygens (including phenoxy) is 6. The van der Waals surface area contributed by atoms with Gasteiger partial charge in [0.25, 0.3) is 0 Å². The van der Waals surface area contributed by atoms with E-state index >= 15 is 0 Å². The number of carbonyl (C=O) groups excluding carboxylic acids is 4. The Bertz CT molecular complexity index is 1990. The van der Waals surface area contributed by atoms with Gasteiger partial charge in [-0.25, -0.2) is 4.79 Å². The molecule has 2 fully saturated rings. The Morgan fingerprint density at radius 1 is 0.636 bits per heavy atom. The SMILES string of the molecule is CC(=O)C1OC(Oc2ccc(COC(=O)CCCN(C)C)cc2[N+](=O)[O-])[C@@H](C)[C@@H](C)C1C.CC(=O)C1OC(Oc2ccc(COC(=O)N(CCl)CCN(C)C)cc2[N+](=O)[O-])[C@@H](C)[C@@H](C)C1C. The maximum Gasteiger partial charge on any atom is 0.411 e. The molecule has 0 bridgehead atoms. The van der Waals surface area contributed by atoms with Gasteiger partial charge in [0.05, 0.1) is 15.9 Å². The smallest absolute Gasteiger partial charge is 0.411 e. The van der Waals surface area contributed by atoms with Crippen LogP contribution in [-0.2, 0) is 46.5 Å². The lowest BCUT2D eigenvalue weighted by Gasteiger charge is -2.42. The number of halogens is 1. The quantitative estimate of drug-likeness (QED) is 0.0413. The van der Waals surface area contributed by atoms with Crippen molar-refractivity contribution in [1.29, 1.82) is 0 Å². The number of nitro groups is 2. The van der Waals surface area contributed by atoms with E-state index in [1.807, 2.05) is 79.5 Å². The third-order valence-electron chi connectivity index (χ3n) is 12.4. The number of benzene rings is 2. The number of esters is 1. The van der Waals surface area contributed by atoms with Gasteiger partial charge in [-0.2, -0.15) is 0 Å². The predicted octanol–water partition coefficient (Wildman–Crippen LogP) is 7.47. The number of nitrogens with zero attached hydrogens (tertiary/aromatic N) is 5. The van der Waals surface area contributed by atoms with Crippen LogP contribution in [0.3, 0.4) is 0 Å². The van der Waals surface area contributed by atoms with Crippen molar-refractivity contribution in [1.82, 2.24) is 14.7 Å². The van der Waals surface area contributed by atoms with Crippen molar-refractivity contribution in [3.8, 4) is 11.5 Å². The van der Waals surface area contributed by atoms with Gasteiger partial charge in [0.2, 0.25) is 12.6 Å². The van der Waals surface area contributed by atoms with Crippen LogP contribution < -0.4 is 9.47 Å². The third kappa shape index (κ3) is 15.8. The van der Waals surface area contributed by atoms with E-state index in [4.69, 9.17) is 40.0 Å². The fraction of sp³-hybridized carbons (Fsp3) is 0.652. The number of nitro benzene ring substituents is 2. The number of carbonyl (C=O) groups is 4. The first-order valence-electron chi connectivity index (χ1n) is 22.1. The zero-order valence-electron chi connectivity index (χ0n) is 40.2. The number of amides is 1. The highest BCUT2D eigenvalue weighted by molar-refractivity contribution is 6.18. The molecule has 2 aromatic carbocycles. The van der Waals surface area contributed by atoms with E-state index in [0.717, 1.165) is 6.54 Å². The molecule has 10 atom stereocenters. The van der Waals surface area contributed by atoms with E-state index < -0.39 is 40.7 Å². The van der Waals surface area contributed by atoms with Crippen LogP contribution in [0.15, 0.2) is 36.4 Å². The van der Waals surface area contributed by atoms with Gasteiger partial charge in [0.15, 0.2) is 23.1 Å². The maximum absolute atomic E-state index is 12.3. The lowest BCUT2D eigenvalue weighted by molar-refractivity contribution is -0.386. The minimum Gasteiger partial charge on any atom is -0.461 e. The molecule has 1 amide bonds. The van der Waals surface area contributed by atoms with E-state index in [1.165, 1.54) is 43.0 Å². The molecule has 2 saturated heterocycles. The van der Waals surface area contributed by atoms with Crippen molar-refractivity contribution in [2.45, 2.75) is 106 Å². The van der Waals surface area contributed by atoms with Crippen LogP contribution in [0.5, 0.6) is 11.5 Å². The highest BCUT2D eigenvalue weighted by Crippen LogP contribution is 2.40. The summed E-state index contributed by atoms with van der Waals surface area (Å²) in [5, 5.41) is 23.4. The lowest BCUT2D eigenvalue weighted by atomic mass is 9.78. The summed E-state index contributed by atoms with van der Waals surface area (Å²) >= 11 is 5.84. The fourth-order valence-corrected chi connectivity index (χ4v) is 7.78. The maximum atomic E-state index is 12.3. The number of ketones is 2. The number of alkyl halides is 1. The Labute approximate surface area is 392 Å². The molecule has 2 aliphatic heterocycles. The van der Waals surface area contributed by atoms with Gasteiger partial charge in [-0.3, -0.25) is 39.5 Å².